The van der Waals surface area contributed by atoms with Crippen LogP contribution >= 0.6 is 11.3 Å². The van der Waals surface area contributed by atoms with Gasteiger partial charge in [-0.05, 0) is 44.4 Å². The Kier molecular flexibility index (Phi) is 6.71. The van der Waals surface area contributed by atoms with Gasteiger partial charge in [0, 0.05) is 51.7 Å². The molecule has 2 aromatic rings. The second-order valence-electron chi connectivity index (χ2n) is 9.34. The first-order chi connectivity index (χ1) is 15.7. The molecule has 0 spiro atoms. The van der Waals surface area contributed by atoms with Gasteiger partial charge in [-0.3, -0.25) is 19.4 Å². The number of benzene rings is 1. The molecule has 8 heteroatoms. The molecule has 3 aliphatic heterocycles. The van der Waals surface area contributed by atoms with Crippen LogP contribution < -0.4 is 0 Å². The molecule has 0 saturated carbocycles. The predicted octanol–water partition coefficient (Wildman–Crippen LogP) is 2.24. The highest BCUT2D eigenvalue weighted by molar-refractivity contribution is 7.18. The van der Waals surface area contributed by atoms with Crippen molar-refractivity contribution in [1.29, 1.82) is 0 Å². The lowest BCUT2D eigenvalue weighted by Crippen LogP contribution is -2.53. The SMILES string of the molecule is O=C(CN1CCN(C(=O)CN2CCC[C@H](c3nc4ccccc4s3)C2)CC1)N1CCCC1. The van der Waals surface area contributed by atoms with Gasteiger partial charge in [0.2, 0.25) is 11.8 Å². The molecule has 0 bridgehead atoms. The quantitative estimate of drug-likeness (QED) is 0.692. The van der Waals surface area contributed by atoms with Crippen LogP contribution in [0, 0.1) is 0 Å². The summed E-state index contributed by atoms with van der Waals surface area (Å²) in [6.07, 6.45) is 4.52. The van der Waals surface area contributed by atoms with E-state index in [-0.39, 0.29) is 11.8 Å². The maximum Gasteiger partial charge on any atom is 0.236 e. The molecule has 3 fully saturated rings. The molecule has 0 aliphatic carbocycles. The van der Waals surface area contributed by atoms with Crippen molar-refractivity contribution in [2.75, 3.05) is 65.4 Å². The number of carbonyl (C=O) groups excluding carboxylic acids is 2. The zero-order valence-electron chi connectivity index (χ0n) is 18.7. The standard InChI is InChI=1S/C24H33N5O2S/c30-22(28-10-3-4-11-28)17-26-12-14-29(15-13-26)23(31)18-27-9-5-6-19(16-27)24-25-20-7-1-2-8-21(20)32-24/h1-2,7-8,19H,3-6,9-18H2/t19-/m0/s1. The van der Waals surface area contributed by atoms with Crippen molar-refractivity contribution in [3.63, 3.8) is 0 Å². The average molecular weight is 456 g/mol. The van der Waals surface area contributed by atoms with E-state index in [0.717, 1.165) is 83.6 Å². The van der Waals surface area contributed by atoms with Crippen LogP contribution in [0.3, 0.4) is 0 Å². The smallest absolute Gasteiger partial charge is 0.236 e. The van der Waals surface area contributed by atoms with Crippen molar-refractivity contribution in [2.24, 2.45) is 0 Å². The summed E-state index contributed by atoms with van der Waals surface area (Å²) in [6, 6.07) is 8.33. The maximum atomic E-state index is 13.0. The summed E-state index contributed by atoms with van der Waals surface area (Å²) >= 11 is 1.80. The number of fused-ring (bicyclic) bond motifs is 1. The molecular weight excluding hydrogens is 422 g/mol. The van der Waals surface area contributed by atoms with E-state index >= 15 is 0 Å². The maximum absolute atomic E-state index is 13.0. The van der Waals surface area contributed by atoms with Gasteiger partial charge in [0.15, 0.2) is 0 Å². The third-order valence-electron chi connectivity index (χ3n) is 7.07. The van der Waals surface area contributed by atoms with Crippen LogP contribution in [0.5, 0.6) is 0 Å². The summed E-state index contributed by atoms with van der Waals surface area (Å²) in [5, 5.41) is 1.21. The number of likely N-dealkylation sites (tertiary alicyclic amines) is 2. The van der Waals surface area contributed by atoms with Gasteiger partial charge in [0.25, 0.3) is 0 Å². The van der Waals surface area contributed by atoms with E-state index in [1.54, 1.807) is 11.3 Å². The third-order valence-corrected chi connectivity index (χ3v) is 8.27. The number of rotatable bonds is 5. The van der Waals surface area contributed by atoms with E-state index in [2.05, 4.69) is 28.0 Å². The molecule has 3 saturated heterocycles. The molecule has 5 rings (SSSR count). The highest BCUT2D eigenvalue weighted by Crippen LogP contribution is 2.32. The summed E-state index contributed by atoms with van der Waals surface area (Å²) in [7, 11) is 0. The Labute approximate surface area is 194 Å². The van der Waals surface area contributed by atoms with Gasteiger partial charge in [-0.2, -0.15) is 0 Å². The molecule has 172 valence electrons. The molecule has 4 heterocycles. The van der Waals surface area contributed by atoms with Gasteiger partial charge in [0.1, 0.15) is 0 Å². The van der Waals surface area contributed by atoms with Gasteiger partial charge in [-0.1, -0.05) is 12.1 Å². The van der Waals surface area contributed by atoms with E-state index in [1.165, 1.54) is 9.71 Å². The van der Waals surface area contributed by atoms with Crippen LogP contribution in [0.25, 0.3) is 10.2 Å². The van der Waals surface area contributed by atoms with Crippen LogP contribution in [0.1, 0.15) is 36.6 Å². The summed E-state index contributed by atoms with van der Waals surface area (Å²) in [5.74, 6) is 0.888. The fraction of sp³-hybridized carbons (Fsp3) is 0.625. The van der Waals surface area contributed by atoms with E-state index in [0.29, 0.717) is 19.0 Å². The topological polar surface area (TPSA) is 60.0 Å². The number of aromatic nitrogens is 1. The first-order valence-corrected chi connectivity index (χ1v) is 12.8. The zero-order chi connectivity index (χ0) is 21.9. The first kappa shape index (κ1) is 21.8. The van der Waals surface area contributed by atoms with Gasteiger partial charge in [-0.15, -0.1) is 11.3 Å². The molecule has 7 nitrogen and oxygen atoms in total. The predicted molar refractivity (Wildman–Crippen MR) is 127 cm³/mol. The van der Waals surface area contributed by atoms with Crippen LogP contribution in [0.4, 0.5) is 0 Å². The molecule has 1 aromatic carbocycles. The van der Waals surface area contributed by atoms with Crippen LogP contribution in [-0.2, 0) is 9.59 Å². The minimum atomic E-state index is 0.223. The lowest BCUT2D eigenvalue weighted by atomic mass is 9.98. The fourth-order valence-electron chi connectivity index (χ4n) is 5.17. The zero-order valence-corrected chi connectivity index (χ0v) is 19.6. The number of hydrogen-bond donors (Lipinski definition) is 0. The molecule has 1 aromatic heterocycles. The largest absolute Gasteiger partial charge is 0.342 e. The number of piperazine rings is 1. The Balaban J connectivity index is 1.10. The van der Waals surface area contributed by atoms with E-state index in [4.69, 9.17) is 4.98 Å². The van der Waals surface area contributed by atoms with Crippen molar-refractivity contribution in [3.8, 4) is 0 Å². The molecule has 0 N–H and O–H groups in total. The second-order valence-corrected chi connectivity index (χ2v) is 10.4. The molecule has 0 unspecified atom stereocenters. The van der Waals surface area contributed by atoms with Crippen molar-refractivity contribution >= 4 is 33.4 Å². The van der Waals surface area contributed by atoms with Crippen molar-refractivity contribution in [1.82, 2.24) is 24.6 Å². The minimum absolute atomic E-state index is 0.223. The lowest BCUT2D eigenvalue weighted by Gasteiger charge is -2.37. The highest BCUT2D eigenvalue weighted by Gasteiger charge is 2.29. The lowest BCUT2D eigenvalue weighted by molar-refractivity contribution is -0.135. The Hall–Kier alpha value is -2.03. The van der Waals surface area contributed by atoms with E-state index in [9.17, 15) is 9.59 Å². The van der Waals surface area contributed by atoms with Crippen molar-refractivity contribution in [2.45, 2.75) is 31.6 Å². The average Bonchev–Trinajstić information content (AvgIpc) is 3.50. The van der Waals surface area contributed by atoms with Gasteiger partial charge in [-0.25, -0.2) is 4.98 Å². The number of nitrogens with zero attached hydrogens (tertiary/aromatic N) is 5. The number of hydrogen-bond acceptors (Lipinski definition) is 6. The number of carbonyl (C=O) groups is 2. The normalized spacial score (nSPS) is 23.2. The Morgan fingerprint density at radius 3 is 2.28 bits per heavy atom. The van der Waals surface area contributed by atoms with Crippen molar-refractivity contribution in [3.05, 3.63) is 29.3 Å². The van der Waals surface area contributed by atoms with Gasteiger partial charge >= 0.3 is 0 Å². The summed E-state index contributed by atoms with van der Waals surface area (Å²) in [5.41, 5.74) is 1.08. The number of thiazole rings is 1. The molecule has 32 heavy (non-hydrogen) atoms. The Morgan fingerprint density at radius 2 is 1.53 bits per heavy atom. The minimum Gasteiger partial charge on any atom is -0.342 e. The van der Waals surface area contributed by atoms with Crippen LogP contribution in [-0.4, -0.2) is 102 Å². The number of para-hydroxylation sites is 1. The van der Waals surface area contributed by atoms with Crippen molar-refractivity contribution < 1.29 is 9.59 Å². The first-order valence-electron chi connectivity index (χ1n) is 12.0. The van der Waals surface area contributed by atoms with Gasteiger partial charge < -0.3 is 9.80 Å². The monoisotopic (exact) mass is 455 g/mol. The highest BCUT2D eigenvalue weighted by atomic mass is 32.1. The molecule has 0 radical (unpaired) electrons. The molecule has 2 amide bonds. The Bertz CT molecular complexity index is 916. The number of piperidine rings is 1. The summed E-state index contributed by atoms with van der Waals surface area (Å²) in [6.45, 7) is 7.73. The summed E-state index contributed by atoms with van der Waals surface area (Å²) < 4.78 is 1.25. The fourth-order valence-corrected chi connectivity index (χ4v) is 6.26. The van der Waals surface area contributed by atoms with E-state index < -0.39 is 0 Å². The van der Waals surface area contributed by atoms with E-state index in [1.807, 2.05) is 15.9 Å². The Morgan fingerprint density at radius 1 is 0.844 bits per heavy atom. The molecular formula is C24H33N5O2S. The third kappa shape index (κ3) is 4.97. The second kappa shape index (κ2) is 9.85. The molecule has 1 atom stereocenters. The van der Waals surface area contributed by atoms with Gasteiger partial charge in [0.05, 0.1) is 28.3 Å². The van der Waals surface area contributed by atoms with Crippen LogP contribution in [0.2, 0.25) is 0 Å². The number of amides is 2. The molecule has 3 aliphatic rings. The summed E-state index contributed by atoms with van der Waals surface area (Å²) in [4.78, 5) is 38.7. The van der Waals surface area contributed by atoms with Crippen LogP contribution in [0.15, 0.2) is 24.3 Å².